The van der Waals surface area contributed by atoms with E-state index in [1.54, 1.807) is 23.5 Å². The molecule has 3 aromatic rings. The van der Waals surface area contributed by atoms with Crippen LogP contribution in [0.15, 0.2) is 59.5 Å². The van der Waals surface area contributed by atoms with Crippen molar-refractivity contribution in [1.82, 2.24) is 9.88 Å². The molecule has 144 valence electrons. The van der Waals surface area contributed by atoms with Gasteiger partial charge in [0.1, 0.15) is 5.82 Å². The first-order chi connectivity index (χ1) is 13.7. The molecule has 1 aliphatic rings. The Morgan fingerprint density at radius 3 is 2.75 bits per heavy atom. The molecule has 0 saturated heterocycles. The molecule has 7 heteroatoms. The number of nitrogens with one attached hydrogen (secondary N) is 1. The van der Waals surface area contributed by atoms with Crippen molar-refractivity contribution >= 4 is 34.1 Å². The van der Waals surface area contributed by atoms with Gasteiger partial charge in [0.2, 0.25) is 5.91 Å². The van der Waals surface area contributed by atoms with Crippen molar-refractivity contribution in [2.45, 2.75) is 24.4 Å². The number of carbonyl (C=O) groups is 1. The zero-order valence-corrected chi connectivity index (χ0v) is 16.9. The molecular weight excluding hydrogens is 393 g/mol. The molecule has 0 atom stereocenters. The van der Waals surface area contributed by atoms with Crippen molar-refractivity contribution < 1.29 is 9.18 Å². The summed E-state index contributed by atoms with van der Waals surface area (Å²) in [5.41, 5.74) is 2.40. The van der Waals surface area contributed by atoms with E-state index in [0.29, 0.717) is 5.13 Å². The van der Waals surface area contributed by atoms with Crippen LogP contribution in [0, 0.1) is 5.82 Å². The highest BCUT2D eigenvalue weighted by Gasteiger charge is 2.21. The molecular formula is C21H20FN3OS2. The van der Waals surface area contributed by atoms with Crippen molar-refractivity contribution in [1.29, 1.82) is 0 Å². The van der Waals surface area contributed by atoms with Crippen molar-refractivity contribution in [2.24, 2.45) is 0 Å². The van der Waals surface area contributed by atoms with Crippen LogP contribution in [0.1, 0.15) is 16.1 Å². The van der Waals surface area contributed by atoms with E-state index in [1.165, 1.54) is 34.3 Å². The molecule has 0 fully saturated rings. The Hall–Kier alpha value is -2.22. The van der Waals surface area contributed by atoms with E-state index in [0.717, 1.165) is 36.6 Å². The van der Waals surface area contributed by atoms with Crippen LogP contribution in [0.25, 0.3) is 0 Å². The van der Waals surface area contributed by atoms with E-state index >= 15 is 0 Å². The third kappa shape index (κ3) is 4.98. The molecule has 0 bridgehead atoms. The number of anilines is 1. The lowest BCUT2D eigenvalue weighted by Gasteiger charge is -2.25. The van der Waals surface area contributed by atoms with Gasteiger partial charge < -0.3 is 5.32 Å². The predicted octanol–water partition coefficient (Wildman–Crippen LogP) is 4.57. The Balaban J connectivity index is 1.31. The zero-order valence-electron chi connectivity index (χ0n) is 15.2. The lowest BCUT2D eigenvalue weighted by molar-refractivity contribution is -0.113. The van der Waals surface area contributed by atoms with Gasteiger partial charge in [0.05, 0.1) is 11.4 Å². The molecule has 1 aliphatic heterocycles. The normalized spacial score (nSPS) is 13.9. The third-order valence-electron chi connectivity index (χ3n) is 4.49. The fourth-order valence-corrected chi connectivity index (χ4v) is 4.88. The van der Waals surface area contributed by atoms with Crippen LogP contribution < -0.4 is 5.32 Å². The Bertz CT molecular complexity index is 944. The van der Waals surface area contributed by atoms with Gasteiger partial charge in [-0.3, -0.25) is 9.69 Å². The van der Waals surface area contributed by atoms with Crippen molar-refractivity contribution in [3.8, 4) is 0 Å². The molecule has 2 heterocycles. The van der Waals surface area contributed by atoms with Crippen molar-refractivity contribution in [3.05, 3.63) is 76.5 Å². The average molecular weight is 414 g/mol. The predicted molar refractivity (Wildman–Crippen MR) is 112 cm³/mol. The minimum absolute atomic E-state index is 0.0958. The number of aromatic nitrogens is 1. The second kappa shape index (κ2) is 8.86. The molecule has 0 saturated carbocycles. The number of benzene rings is 2. The molecule has 4 nitrogen and oxygen atoms in total. The van der Waals surface area contributed by atoms with Gasteiger partial charge in [-0.25, -0.2) is 9.37 Å². The molecule has 0 aliphatic carbocycles. The number of thioether (sulfide) groups is 1. The number of fused-ring (bicyclic) bond motifs is 1. The van der Waals surface area contributed by atoms with Gasteiger partial charge in [0.25, 0.3) is 0 Å². The van der Waals surface area contributed by atoms with Crippen LogP contribution in [0.2, 0.25) is 0 Å². The van der Waals surface area contributed by atoms with Crippen LogP contribution in [0.5, 0.6) is 0 Å². The first kappa shape index (κ1) is 19.1. The fourth-order valence-electron chi connectivity index (χ4n) is 3.11. The molecule has 28 heavy (non-hydrogen) atoms. The smallest absolute Gasteiger partial charge is 0.236 e. The first-order valence-corrected chi connectivity index (χ1v) is 10.9. The standard InChI is InChI=1S/C21H20FN3OS2/c22-16-6-8-17(9-7-16)27-14-20(26)24-21-23-18-10-11-25(13-19(18)28-21)12-15-4-2-1-3-5-15/h1-9H,10-14H2,(H,23,24,26). The lowest BCUT2D eigenvalue weighted by atomic mass is 10.1. The second-order valence-electron chi connectivity index (χ2n) is 6.63. The molecule has 0 unspecified atom stereocenters. The summed E-state index contributed by atoms with van der Waals surface area (Å²) in [5, 5.41) is 3.56. The highest BCUT2D eigenvalue weighted by Crippen LogP contribution is 2.29. The summed E-state index contributed by atoms with van der Waals surface area (Å²) in [6.45, 7) is 2.76. The fraction of sp³-hybridized carbons (Fsp3) is 0.238. The van der Waals surface area contributed by atoms with Gasteiger partial charge in [-0.05, 0) is 29.8 Å². The van der Waals surface area contributed by atoms with Crippen LogP contribution in [0.3, 0.4) is 0 Å². The quantitative estimate of drug-likeness (QED) is 0.601. The number of thiazole rings is 1. The average Bonchev–Trinajstić information content (AvgIpc) is 3.10. The van der Waals surface area contributed by atoms with Crippen LogP contribution in [-0.4, -0.2) is 28.1 Å². The minimum atomic E-state index is -0.275. The molecule has 0 radical (unpaired) electrons. The van der Waals surface area contributed by atoms with Crippen molar-refractivity contribution in [3.63, 3.8) is 0 Å². The number of carbonyl (C=O) groups excluding carboxylic acids is 1. The topological polar surface area (TPSA) is 45.2 Å². The molecule has 1 amide bonds. The van der Waals surface area contributed by atoms with E-state index in [1.807, 2.05) is 6.07 Å². The maximum absolute atomic E-state index is 12.9. The van der Waals surface area contributed by atoms with E-state index in [-0.39, 0.29) is 17.5 Å². The van der Waals surface area contributed by atoms with Crippen LogP contribution in [-0.2, 0) is 24.3 Å². The van der Waals surface area contributed by atoms with E-state index < -0.39 is 0 Å². The van der Waals surface area contributed by atoms with Gasteiger partial charge in [0.15, 0.2) is 5.13 Å². The Morgan fingerprint density at radius 1 is 1.18 bits per heavy atom. The molecule has 1 aromatic heterocycles. The zero-order chi connectivity index (χ0) is 19.3. The SMILES string of the molecule is O=C(CSc1ccc(F)cc1)Nc1nc2c(s1)CN(Cc1ccccc1)CC2. The summed E-state index contributed by atoms with van der Waals surface area (Å²) >= 11 is 2.94. The summed E-state index contributed by atoms with van der Waals surface area (Å²) < 4.78 is 12.9. The number of hydrogen-bond donors (Lipinski definition) is 1. The largest absolute Gasteiger partial charge is 0.301 e. The summed E-state index contributed by atoms with van der Waals surface area (Å²) in [6, 6.07) is 16.6. The highest BCUT2D eigenvalue weighted by molar-refractivity contribution is 8.00. The van der Waals surface area contributed by atoms with E-state index in [2.05, 4.69) is 39.5 Å². The summed E-state index contributed by atoms with van der Waals surface area (Å²) in [5.74, 6) is -0.0965. The van der Waals surface area contributed by atoms with E-state index in [9.17, 15) is 9.18 Å². The highest BCUT2D eigenvalue weighted by atomic mass is 32.2. The Morgan fingerprint density at radius 2 is 1.96 bits per heavy atom. The molecule has 1 N–H and O–H groups in total. The van der Waals surface area contributed by atoms with E-state index in [4.69, 9.17) is 0 Å². The number of nitrogens with zero attached hydrogens (tertiary/aromatic N) is 2. The monoisotopic (exact) mass is 413 g/mol. The summed E-state index contributed by atoms with van der Waals surface area (Å²) in [6.07, 6.45) is 0.902. The third-order valence-corrected chi connectivity index (χ3v) is 6.50. The van der Waals surface area contributed by atoms with Gasteiger partial charge in [-0.15, -0.1) is 23.1 Å². The van der Waals surface area contributed by atoms with Crippen LogP contribution in [0.4, 0.5) is 9.52 Å². The Kier molecular flexibility index (Phi) is 6.04. The number of hydrogen-bond acceptors (Lipinski definition) is 5. The van der Waals surface area contributed by atoms with Gasteiger partial charge in [0, 0.05) is 35.8 Å². The molecule has 2 aromatic carbocycles. The first-order valence-electron chi connectivity index (χ1n) is 9.09. The summed E-state index contributed by atoms with van der Waals surface area (Å²) in [7, 11) is 0. The maximum Gasteiger partial charge on any atom is 0.236 e. The van der Waals surface area contributed by atoms with Crippen LogP contribution >= 0.6 is 23.1 Å². The lowest BCUT2D eigenvalue weighted by Crippen LogP contribution is -2.29. The van der Waals surface area contributed by atoms with Gasteiger partial charge >= 0.3 is 0 Å². The number of rotatable bonds is 6. The maximum atomic E-state index is 12.9. The number of amides is 1. The second-order valence-corrected chi connectivity index (χ2v) is 8.76. The molecule has 0 spiro atoms. The Labute approximate surface area is 171 Å². The van der Waals surface area contributed by atoms with Crippen molar-refractivity contribution in [2.75, 3.05) is 17.6 Å². The molecule has 4 rings (SSSR count). The van der Waals surface area contributed by atoms with Gasteiger partial charge in [-0.2, -0.15) is 0 Å². The number of halogens is 1. The minimum Gasteiger partial charge on any atom is -0.301 e. The van der Waals surface area contributed by atoms with Gasteiger partial charge in [-0.1, -0.05) is 30.3 Å². The summed E-state index contributed by atoms with van der Waals surface area (Å²) in [4.78, 5) is 21.3.